The van der Waals surface area contributed by atoms with E-state index in [1.165, 1.54) is 38.9 Å². The van der Waals surface area contributed by atoms with Crippen LogP contribution < -0.4 is 10.6 Å². The maximum absolute atomic E-state index is 5.37. The second-order valence-electron chi connectivity index (χ2n) is 6.83. The highest BCUT2D eigenvalue weighted by Gasteiger charge is 2.19. The van der Waals surface area contributed by atoms with Gasteiger partial charge < -0.3 is 20.1 Å². The van der Waals surface area contributed by atoms with Gasteiger partial charge in [0.15, 0.2) is 11.7 Å². The highest BCUT2D eigenvalue weighted by molar-refractivity contribution is 14.0. The predicted octanol–water partition coefficient (Wildman–Crippen LogP) is 3.35. The number of hydrogen-bond donors (Lipinski definition) is 2. The lowest BCUT2D eigenvalue weighted by atomic mass is 10.1. The molecular weight excluding hydrogens is 429 g/mol. The van der Waals surface area contributed by atoms with Gasteiger partial charge in [0.25, 0.3) is 0 Å². The van der Waals surface area contributed by atoms with Crippen LogP contribution in [-0.2, 0) is 6.54 Å². The first-order chi connectivity index (χ1) is 11.6. The van der Waals surface area contributed by atoms with Crippen molar-refractivity contribution in [3.63, 3.8) is 0 Å². The number of rotatable bonds is 7. The van der Waals surface area contributed by atoms with Crippen molar-refractivity contribution < 1.29 is 4.52 Å². The molecule has 0 bridgehead atoms. The van der Waals surface area contributed by atoms with Crippen LogP contribution >= 0.6 is 24.0 Å². The van der Waals surface area contributed by atoms with Crippen LogP contribution in [0.4, 0.5) is 0 Å². The third-order valence-corrected chi connectivity index (χ3v) is 4.37. The Bertz CT molecular complexity index is 509. The van der Waals surface area contributed by atoms with Crippen molar-refractivity contribution in [3.8, 4) is 0 Å². The van der Waals surface area contributed by atoms with E-state index in [1.807, 2.05) is 6.07 Å². The summed E-state index contributed by atoms with van der Waals surface area (Å²) in [5, 5.41) is 11.0. The molecule has 2 heterocycles. The van der Waals surface area contributed by atoms with E-state index < -0.39 is 0 Å². The van der Waals surface area contributed by atoms with Crippen LogP contribution in [0.25, 0.3) is 0 Å². The van der Waals surface area contributed by atoms with E-state index >= 15 is 0 Å². The molecule has 25 heavy (non-hydrogen) atoms. The summed E-state index contributed by atoms with van der Waals surface area (Å²) in [6.07, 6.45) is 3.58. The number of aromatic nitrogens is 1. The van der Waals surface area contributed by atoms with Gasteiger partial charge in [-0.25, -0.2) is 4.99 Å². The molecule has 7 heteroatoms. The molecule has 0 unspecified atom stereocenters. The molecule has 0 radical (unpaired) electrons. The molecule has 1 aromatic rings. The lowest BCUT2D eigenvalue weighted by Gasteiger charge is -2.32. The van der Waals surface area contributed by atoms with Crippen molar-refractivity contribution in [1.82, 2.24) is 20.7 Å². The molecule has 1 fully saturated rings. The van der Waals surface area contributed by atoms with E-state index in [2.05, 4.69) is 53.4 Å². The summed E-state index contributed by atoms with van der Waals surface area (Å²) in [7, 11) is 0. The summed E-state index contributed by atoms with van der Waals surface area (Å²) in [5.41, 5.74) is 0.987. The Hall–Kier alpha value is -0.830. The second kappa shape index (κ2) is 11.7. The zero-order chi connectivity index (χ0) is 17.4. The molecule has 144 valence electrons. The molecule has 0 atom stereocenters. The number of nitrogens with one attached hydrogen (secondary N) is 2. The largest absolute Gasteiger partial charge is 0.359 e. The number of guanidine groups is 1. The quantitative estimate of drug-likeness (QED) is 0.369. The summed E-state index contributed by atoms with van der Waals surface area (Å²) in [6.45, 7) is 13.5. The van der Waals surface area contributed by atoms with Crippen LogP contribution in [0.2, 0.25) is 0 Å². The van der Waals surface area contributed by atoms with Crippen molar-refractivity contribution in [1.29, 1.82) is 0 Å². The minimum atomic E-state index is 0. The van der Waals surface area contributed by atoms with Crippen molar-refractivity contribution in [2.24, 2.45) is 4.99 Å². The Morgan fingerprint density at radius 1 is 1.36 bits per heavy atom. The molecule has 1 aliphatic rings. The van der Waals surface area contributed by atoms with E-state index in [9.17, 15) is 0 Å². The highest BCUT2D eigenvalue weighted by Crippen LogP contribution is 2.15. The maximum atomic E-state index is 5.37. The first kappa shape index (κ1) is 22.2. The average molecular weight is 463 g/mol. The van der Waals surface area contributed by atoms with Gasteiger partial charge in [0.1, 0.15) is 6.54 Å². The molecule has 1 aromatic heterocycles. The van der Waals surface area contributed by atoms with Crippen molar-refractivity contribution >= 4 is 29.9 Å². The number of hydrogen-bond acceptors (Lipinski definition) is 4. The second-order valence-corrected chi connectivity index (χ2v) is 6.83. The molecule has 0 aromatic carbocycles. The Balaban J connectivity index is 0.00000312. The van der Waals surface area contributed by atoms with E-state index in [1.54, 1.807) is 0 Å². The fourth-order valence-corrected chi connectivity index (χ4v) is 2.96. The van der Waals surface area contributed by atoms with Crippen molar-refractivity contribution in [2.45, 2.75) is 65.5 Å². The SMILES string of the molecule is CCCN1CCC(NC(=NCc2cc(C(C)C)no2)NCC)CC1.I. The molecule has 2 N–H and O–H groups in total. The molecule has 0 aliphatic carbocycles. The van der Waals surface area contributed by atoms with E-state index in [0.717, 1.165) is 24.0 Å². The molecule has 2 rings (SSSR count). The zero-order valence-electron chi connectivity index (χ0n) is 16.0. The van der Waals surface area contributed by atoms with Gasteiger partial charge in [-0.15, -0.1) is 24.0 Å². The van der Waals surface area contributed by atoms with E-state index in [0.29, 0.717) is 18.5 Å². The summed E-state index contributed by atoms with van der Waals surface area (Å²) in [5.74, 6) is 2.06. The fraction of sp³-hybridized carbons (Fsp3) is 0.778. The Kier molecular flexibility index (Phi) is 10.4. The number of piperidine rings is 1. The minimum absolute atomic E-state index is 0. The van der Waals surface area contributed by atoms with Crippen LogP contribution in [0.15, 0.2) is 15.6 Å². The standard InChI is InChI=1S/C18H33N5O.HI/c1-5-9-23-10-7-15(8-11-23)21-18(19-6-2)20-13-16-12-17(14(3)4)22-24-16;/h12,14-15H,5-11,13H2,1-4H3,(H2,19,20,21);1H. The van der Waals surface area contributed by atoms with Crippen molar-refractivity contribution in [2.75, 3.05) is 26.2 Å². The van der Waals surface area contributed by atoms with Gasteiger partial charge in [0.05, 0.1) is 5.69 Å². The fourth-order valence-electron chi connectivity index (χ4n) is 2.96. The number of likely N-dealkylation sites (tertiary alicyclic amines) is 1. The zero-order valence-corrected chi connectivity index (χ0v) is 18.4. The van der Waals surface area contributed by atoms with Crippen LogP contribution in [0.1, 0.15) is 64.3 Å². The monoisotopic (exact) mass is 463 g/mol. The van der Waals surface area contributed by atoms with Gasteiger partial charge in [0.2, 0.25) is 0 Å². The Labute approximate surface area is 169 Å². The summed E-state index contributed by atoms with van der Waals surface area (Å²) >= 11 is 0. The summed E-state index contributed by atoms with van der Waals surface area (Å²) in [4.78, 5) is 7.20. The highest BCUT2D eigenvalue weighted by atomic mass is 127. The van der Waals surface area contributed by atoms with Gasteiger partial charge in [-0.1, -0.05) is 25.9 Å². The third-order valence-electron chi connectivity index (χ3n) is 4.37. The molecule has 0 saturated carbocycles. The predicted molar refractivity (Wildman–Crippen MR) is 114 cm³/mol. The molecule has 0 spiro atoms. The lowest BCUT2D eigenvalue weighted by molar-refractivity contribution is 0.206. The van der Waals surface area contributed by atoms with Crippen LogP contribution in [0, 0.1) is 0 Å². The first-order valence-corrected chi connectivity index (χ1v) is 9.35. The topological polar surface area (TPSA) is 65.7 Å². The van der Waals surface area contributed by atoms with Gasteiger partial charge in [-0.3, -0.25) is 0 Å². The van der Waals surface area contributed by atoms with E-state index in [-0.39, 0.29) is 24.0 Å². The smallest absolute Gasteiger partial charge is 0.191 e. The number of aliphatic imine (C=N–C) groups is 1. The lowest BCUT2D eigenvalue weighted by Crippen LogP contribution is -2.48. The average Bonchev–Trinajstić information content (AvgIpc) is 3.04. The van der Waals surface area contributed by atoms with Gasteiger partial charge in [0, 0.05) is 31.7 Å². The maximum Gasteiger partial charge on any atom is 0.191 e. The molecule has 1 aliphatic heterocycles. The minimum Gasteiger partial charge on any atom is -0.359 e. The van der Waals surface area contributed by atoms with Crippen LogP contribution in [0.5, 0.6) is 0 Å². The summed E-state index contributed by atoms with van der Waals surface area (Å²) < 4.78 is 5.37. The first-order valence-electron chi connectivity index (χ1n) is 9.35. The molecule has 6 nitrogen and oxygen atoms in total. The van der Waals surface area contributed by atoms with Gasteiger partial charge in [-0.05, 0) is 38.6 Å². The Morgan fingerprint density at radius 3 is 2.64 bits per heavy atom. The third kappa shape index (κ3) is 7.52. The Morgan fingerprint density at radius 2 is 2.08 bits per heavy atom. The number of nitrogens with zero attached hydrogens (tertiary/aromatic N) is 3. The van der Waals surface area contributed by atoms with Crippen LogP contribution in [-0.4, -0.2) is 48.2 Å². The molecule has 1 saturated heterocycles. The van der Waals surface area contributed by atoms with Crippen LogP contribution in [0.3, 0.4) is 0 Å². The summed E-state index contributed by atoms with van der Waals surface area (Å²) in [6, 6.07) is 2.50. The van der Waals surface area contributed by atoms with E-state index in [4.69, 9.17) is 4.52 Å². The normalized spacial score (nSPS) is 16.8. The van der Waals surface area contributed by atoms with Gasteiger partial charge in [-0.2, -0.15) is 0 Å². The molecule has 0 amide bonds. The van der Waals surface area contributed by atoms with Crippen molar-refractivity contribution in [3.05, 3.63) is 17.5 Å². The number of halogens is 1. The molecular formula is C18H34IN5O. The van der Waals surface area contributed by atoms with Gasteiger partial charge >= 0.3 is 0 Å².